The lowest BCUT2D eigenvalue weighted by molar-refractivity contribution is -0.127. The molecule has 0 N–H and O–H groups in total. The Hall–Kier alpha value is -3.77. The molecular formula is C23H14O3. The van der Waals surface area contributed by atoms with E-state index in [1.54, 1.807) is 12.1 Å². The third-order valence-electron chi connectivity index (χ3n) is 3.87. The van der Waals surface area contributed by atoms with Gasteiger partial charge in [0.15, 0.2) is 0 Å². The Bertz CT molecular complexity index is 1110. The first-order valence-electron chi connectivity index (χ1n) is 8.16. The number of hydrogen-bond acceptors (Lipinski definition) is 3. The second kappa shape index (κ2) is 7.00. The lowest BCUT2D eigenvalue weighted by Crippen LogP contribution is -2.04. The molecule has 4 rings (SSSR count). The van der Waals surface area contributed by atoms with Gasteiger partial charge in [0.05, 0.1) is 5.39 Å². The topological polar surface area (TPSA) is 39.4 Å². The van der Waals surface area contributed by atoms with Crippen molar-refractivity contribution in [2.24, 2.45) is 0 Å². The van der Waals surface area contributed by atoms with E-state index in [9.17, 15) is 4.79 Å². The summed E-state index contributed by atoms with van der Waals surface area (Å²) in [7, 11) is 0. The highest BCUT2D eigenvalue weighted by Gasteiger charge is 2.12. The van der Waals surface area contributed by atoms with Crippen molar-refractivity contribution in [3.8, 4) is 28.9 Å². The third-order valence-corrected chi connectivity index (χ3v) is 3.87. The minimum absolute atomic E-state index is 0.431. The maximum Gasteiger partial charge on any atom is 0.390 e. The van der Waals surface area contributed by atoms with Crippen LogP contribution in [0.2, 0.25) is 0 Å². The molecule has 3 heteroatoms. The molecule has 26 heavy (non-hydrogen) atoms. The number of ether oxygens (including phenoxy) is 1. The monoisotopic (exact) mass is 338 g/mol. The van der Waals surface area contributed by atoms with Gasteiger partial charge in [-0.25, -0.2) is 4.79 Å². The van der Waals surface area contributed by atoms with Gasteiger partial charge in [-0.05, 0) is 30.3 Å². The molecule has 0 amide bonds. The van der Waals surface area contributed by atoms with Crippen LogP contribution < -0.4 is 4.74 Å². The molecule has 0 saturated heterocycles. The van der Waals surface area contributed by atoms with Crippen molar-refractivity contribution in [2.45, 2.75) is 0 Å². The molecule has 0 atom stereocenters. The Balaban J connectivity index is 1.62. The van der Waals surface area contributed by atoms with Crippen molar-refractivity contribution in [2.75, 3.05) is 0 Å². The normalized spacial score (nSPS) is 10.2. The Morgan fingerprint density at radius 3 is 2.35 bits per heavy atom. The highest BCUT2D eigenvalue weighted by molar-refractivity contribution is 5.95. The van der Waals surface area contributed by atoms with Crippen LogP contribution >= 0.6 is 0 Å². The molecule has 0 saturated carbocycles. The predicted molar refractivity (Wildman–Crippen MR) is 101 cm³/mol. The molecule has 1 heterocycles. The van der Waals surface area contributed by atoms with Crippen molar-refractivity contribution < 1.29 is 13.9 Å². The summed E-state index contributed by atoms with van der Waals surface area (Å²) in [6.07, 6.45) is 0. The van der Waals surface area contributed by atoms with Gasteiger partial charge in [0.1, 0.15) is 17.1 Å². The molecule has 0 bridgehead atoms. The fourth-order valence-corrected chi connectivity index (χ4v) is 2.64. The summed E-state index contributed by atoms with van der Waals surface area (Å²) in [5.41, 5.74) is 2.38. The minimum atomic E-state index is -0.608. The van der Waals surface area contributed by atoms with Crippen molar-refractivity contribution in [3.05, 3.63) is 90.5 Å². The van der Waals surface area contributed by atoms with Crippen molar-refractivity contribution in [3.63, 3.8) is 0 Å². The molecule has 0 unspecified atom stereocenters. The number of hydrogen-bond donors (Lipinski definition) is 0. The van der Waals surface area contributed by atoms with Crippen LogP contribution in [0.25, 0.3) is 22.3 Å². The van der Waals surface area contributed by atoms with Crippen LogP contribution in [-0.4, -0.2) is 5.97 Å². The first-order chi connectivity index (χ1) is 12.8. The van der Waals surface area contributed by atoms with Crippen LogP contribution in [0.5, 0.6) is 5.75 Å². The van der Waals surface area contributed by atoms with Crippen LogP contribution in [0.4, 0.5) is 0 Å². The molecular weight excluding hydrogens is 324 g/mol. The maximum absolute atomic E-state index is 12.1. The van der Waals surface area contributed by atoms with Gasteiger partial charge in [0.2, 0.25) is 0 Å². The van der Waals surface area contributed by atoms with E-state index in [-0.39, 0.29) is 0 Å². The van der Waals surface area contributed by atoms with Gasteiger partial charge in [-0.15, -0.1) is 0 Å². The number of carbonyl (C=O) groups excluding carboxylic acids is 1. The summed E-state index contributed by atoms with van der Waals surface area (Å²) in [5, 5.41) is 0.737. The minimum Gasteiger partial charge on any atom is -0.456 e. The second-order valence-electron chi connectivity index (χ2n) is 5.65. The van der Waals surface area contributed by atoms with Crippen LogP contribution in [0.1, 0.15) is 5.56 Å². The molecule has 0 radical (unpaired) electrons. The van der Waals surface area contributed by atoms with E-state index < -0.39 is 5.97 Å². The Morgan fingerprint density at radius 1 is 0.846 bits per heavy atom. The molecule has 0 aliphatic heterocycles. The summed E-state index contributed by atoms with van der Waals surface area (Å²) < 4.78 is 11.3. The van der Waals surface area contributed by atoms with E-state index in [2.05, 4.69) is 11.8 Å². The average molecular weight is 338 g/mol. The molecule has 3 nitrogen and oxygen atoms in total. The van der Waals surface area contributed by atoms with Gasteiger partial charge >= 0.3 is 5.97 Å². The van der Waals surface area contributed by atoms with E-state index in [0.717, 1.165) is 22.3 Å². The summed E-state index contributed by atoms with van der Waals surface area (Å²) >= 11 is 0. The molecule has 0 aliphatic carbocycles. The first-order valence-corrected chi connectivity index (χ1v) is 8.16. The zero-order valence-electron chi connectivity index (χ0n) is 13.8. The van der Waals surface area contributed by atoms with Crippen molar-refractivity contribution in [1.29, 1.82) is 0 Å². The average Bonchev–Trinajstić information content (AvgIpc) is 3.13. The highest BCUT2D eigenvalue weighted by Crippen LogP contribution is 2.33. The van der Waals surface area contributed by atoms with E-state index in [4.69, 9.17) is 9.15 Å². The third kappa shape index (κ3) is 3.35. The second-order valence-corrected chi connectivity index (χ2v) is 5.65. The Kier molecular flexibility index (Phi) is 4.24. The molecule has 1 aromatic heterocycles. The largest absolute Gasteiger partial charge is 0.456 e. The molecule has 0 spiro atoms. The van der Waals surface area contributed by atoms with E-state index in [0.29, 0.717) is 11.3 Å². The van der Waals surface area contributed by atoms with E-state index in [1.807, 2.05) is 72.8 Å². The molecule has 124 valence electrons. The van der Waals surface area contributed by atoms with Crippen LogP contribution in [0.3, 0.4) is 0 Å². The molecule has 0 fully saturated rings. The zero-order chi connectivity index (χ0) is 17.8. The Morgan fingerprint density at radius 2 is 1.58 bits per heavy atom. The maximum atomic E-state index is 12.1. The van der Waals surface area contributed by atoms with Crippen molar-refractivity contribution >= 4 is 16.9 Å². The highest BCUT2D eigenvalue weighted by atomic mass is 16.5. The molecule has 0 aliphatic rings. The van der Waals surface area contributed by atoms with Gasteiger partial charge < -0.3 is 9.15 Å². The van der Waals surface area contributed by atoms with Gasteiger partial charge in [-0.3, -0.25) is 0 Å². The quantitative estimate of drug-likeness (QED) is 0.291. The smallest absolute Gasteiger partial charge is 0.390 e. The number of esters is 1. The van der Waals surface area contributed by atoms with E-state index in [1.165, 1.54) is 0 Å². The zero-order valence-corrected chi connectivity index (χ0v) is 13.8. The number of furan rings is 1. The molecule has 4 aromatic rings. The van der Waals surface area contributed by atoms with E-state index >= 15 is 0 Å². The lowest BCUT2D eigenvalue weighted by Gasteiger charge is -2.00. The molecule has 3 aromatic carbocycles. The van der Waals surface area contributed by atoms with Gasteiger partial charge in [-0.2, -0.15) is 0 Å². The van der Waals surface area contributed by atoms with Crippen LogP contribution in [0.15, 0.2) is 89.3 Å². The van der Waals surface area contributed by atoms with Crippen LogP contribution in [0, 0.1) is 11.8 Å². The summed E-state index contributed by atoms with van der Waals surface area (Å²) in [4.78, 5) is 12.1. The first kappa shape index (κ1) is 15.7. The Labute approximate surface area is 150 Å². The van der Waals surface area contributed by atoms with Gasteiger partial charge in [-0.1, -0.05) is 60.5 Å². The summed E-state index contributed by atoms with van der Waals surface area (Å²) in [5.74, 6) is 5.85. The standard InChI is InChI=1S/C23H14O3/c24-23(15-14-17-8-3-1-4-9-17)26-21-13-7-12-20-19(21)16-22(25-20)18-10-5-2-6-11-18/h1-13,16H. The van der Waals surface area contributed by atoms with Crippen LogP contribution in [-0.2, 0) is 4.79 Å². The van der Waals surface area contributed by atoms with Crippen molar-refractivity contribution in [1.82, 2.24) is 0 Å². The summed E-state index contributed by atoms with van der Waals surface area (Å²) in [6, 6.07) is 26.3. The number of benzene rings is 3. The predicted octanol–water partition coefficient (Wildman–Crippen LogP) is 5.06. The number of fused-ring (bicyclic) bond motifs is 1. The fourth-order valence-electron chi connectivity index (χ4n) is 2.64. The van der Waals surface area contributed by atoms with Gasteiger partial charge in [0, 0.05) is 17.0 Å². The summed E-state index contributed by atoms with van der Waals surface area (Å²) in [6.45, 7) is 0. The SMILES string of the molecule is O=C(C#Cc1ccccc1)Oc1cccc2oc(-c3ccccc3)cc12. The number of rotatable bonds is 2. The lowest BCUT2D eigenvalue weighted by atomic mass is 10.1. The fraction of sp³-hybridized carbons (Fsp3) is 0. The number of carbonyl (C=O) groups is 1. The van der Waals surface area contributed by atoms with Gasteiger partial charge in [0.25, 0.3) is 0 Å².